The van der Waals surface area contributed by atoms with Gasteiger partial charge in [0.2, 0.25) is 5.95 Å². The largest absolute Gasteiger partial charge is 0.378 e. The van der Waals surface area contributed by atoms with E-state index in [0.717, 1.165) is 49.2 Å². The van der Waals surface area contributed by atoms with Crippen LogP contribution in [0.1, 0.15) is 32.7 Å². The standard InChI is InChI=1S/C15H22N6O/c1-10(2)21-9-16-12-13(17-11-3-4-11)18-15(19-14(12)21)20-5-7-22-8-6-20/h9-11H,3-8H2,1-2H3,(H,17,18,19). The van der Waals surface area contributed by atoms with Crippen LogP contribution in [-0.4, -0.2) is 51.9 Å². The summed E-state index contributed by atoms with van der Waals surface area (Å²) in [6.07, 6.45) is 4.29. The molecular formula is C15H22N6O. The zero-order valence-corrected chi connectivity index (χ0v) is 13.1. The molecule has 0 spiro atoms. The SMILES string of the molecule is CC(C)n1cnc2c(NC3CC3)nc(N3CCOCC3)nc21. The Morgan fingerprint density at radius 3 is 2.68 bits per heavy atom. The first-order valence-electron chi connectivity index (χ1n) is 8.06. The van der Waals surface area contributed by atoms with Gasteiger partial charge < -0.3 is 19.5 Å². The van der Waals surface area contributed by atoms with Crippen LogP contribution in [0, 0.1) is 0 Å². The van der Waals surface area contributed by atoms with Crippen LogP contribution in [0.25, 0.3) is 11.2 Å². The van der Waals surface area contributed by atoms with Crippen molar-refractivity contribution < 1.29 is 4.74 Å². The average Bonchev–Trinajstić information content (AvgIpc) is 3.23. The lowest BCUT2D eigenvalue weighted by atomic mass is 10.4. The second kappa shape index (κ2) is 5.39. The number of anilines is 2. The van der Waals surface area contributed by atoms with Gasteiger partial charge >= 0.3 is 0 Å². The molecule has 22 heavy (non-hydrogen) atoms. The lowest BCUT2D eigenvalue weighted by molar-refractivity contribution is 0.122. The number of ether oxygens (including phenoxy) is 1. The van der Waals surface area contributed by atoms with Crippen molar-refractivity contribution in [3.05, 3.63) is 6.33 Å². The Labute approximate surface area is 129 Å². The molecule has 7 heteroatoms. The van der Waals surface area contributed by atoms with Gasteiger partial charge in [0.25, 0.3) is 0 Å². The Bertz CT molecular complexity index is 672. The van der Waals surface area contributed by atoms with E-state index in [9.17, 15) is 0 Å². The van der Waals surface area contributed by atoms with Gasteiger partial charge in [-0.05, 0) is 26.7 Å². The van der Waals surface area contributed by atoms with Crippen LogP contribution in [0.4, 0.5) is 11.8 Å². The molecule has 1 N–H and O–H groups in total. The van der Waals surface area contributed by atoms with Gasteiger partial charge in [-0.3, -0.25) is 0 Å². The van der Waals surface area contributed by atoms with E-state index in [4.69, 9.17) is 14.7 Å². The summed E-state index contributed by atoms with van der Waals surface area (Å²) in [7, 11) is 0. The molecule has 2 fully saturated rings. The molecule has 2 aliphatic rings. The Balaban J connectivity index is 1.79. The van der Waals surface area contributed by atoms with Crippen LogP contribution in [0.3, 0.4) is 0 Å². The van der Waals surface area contributed by atoms with E-state index >= 15 is 0 Å². The topological polar surface area (TPSA) is 68.1 Å². The zero-order valence-electron chi connectivity index (χ0n) is 13.1. The van der Waals surface area contributed by atoms with Gasteiger partial charge in [0.1, 0.15) is 0 Å². The molecule has 4 rings (SSSR count). The molecule has 2 aromatic rings. The quantitative estimate of drug-likeness (QED) is 0.929. The molecule has 118 valence electrons. The smallest absolute Gasteiger partial charge is 0.229 e. The molecule has 2 aromatic heterocycles. The minimum absolute atomic E-state index is 0.325. The number of fused-ring (bicyclic) bond motifs is 1. The molecule has 1 aliphatic carbocycles. The van der Waals surface area contributed by atoms with E-state index in [1.54, 1.807) is 0 Å². The lowest BCUT2D eigenvalue weighted by Crippen LogP contribution is -2.37. The van der Waals surface area contributed by atoms with Gasteiger partial charge in [-0.1, -0.05) is 0 Å². The van der Waals surface area contributed by atoms with Gasteiger partial charge in [0.15, 0.2) is 17.0 Å². The number of rotatable bonds is 4. The minimum Gasteiger partial charge on any atom is -0.378 e. The summed E-state index contributed by atoms with van der Waals surface area (Å²) < 4.78 is 7.54. The van der Waals surface area contributed by atoms with Crippen LogP contribution >= 0.6 is 0 Å². The third-order valence-electron chi connectivity index (χ3n) is 4.18. The fraction of sp³-hybridized carbons (Fsp3) is 0.667. The van der Waals surface area contributed by atoms with Crippen molar-refractivity contribution in [1.29, 1.82) is 0 Å². The van der Waals surface area contributed by atoms with Gasteiger partial charge in [0.05, 0.1) is 19.5 Å². The molecule has 0 amide bonds. The number of imidazole rings is 1. The van der Waals surface area contributed by atoms with Gasteiger partial charge in [-0.2, -0.15) is 9.97 Å². The molecule has 7 nitrogen and oxygen atoms in total. The summed E-state index contributed by atoms with van der Waals surface area (Å²) in [5.74, 6) is 1.65. The van der Waals surface area contributed by atoms with E-state index in [1.165, 1.54) is 12.8 Å². The molecule has 0 bridgehead atoms. The van der Waals surface area contributed by atoms with Crippen LogP contribution in [0.15, 0.2) is 6.33 Å². The highest BCUT2D eigenvalue weighted by atomic mass is 16.5. The molecule has 3 heterocycles. The van der Waals surface area contributed by atoms with Crippen molar-refractivity contribution in [2.75, 3.05) is 36.5 Å². The predicted octanol–water partition coefficient (Wildman–Crippen LogP) is 1.82. The maximum atomic E-state index is 5.43. The Kier molecular flexibility index (Phi) is 3.37. The maximum Gasteiger partial charge on any atom is 0.229 e. The molecule has 1 aliphatic heterocycles. The third-order valence-corrected chi connectivity index (χ3v) is 4.18. The lowest BCUT2D eigenvalue weighted by Gasteiger charge is -2.27. The number of hydrogen-bond acceptors (Lipinski definition) is 6. The summed E-state index contributed by atoms with van der Waals surface area (Å²) in [4.78, 5) is 16.3. The number of nitrogens with one attached hydrogen (secondary N) is 1. The van der Waals surface area contributed by atoms with Crippen molar-refractivity contribution in [2.24, 2.45) is 0 Å². The molecule has 0 unspecified atom stereocenters. The summed E-state index contributed by atoms with van der Waals surface area (Å²) in [6, 6.07) is 0.867. The molecule has 0 atom stereocenters. The van der Waals surface area contributed by atoms with Crippen LogP contribution in [-0.2, 0) is 4.74 Å². The van der Waals surface area contributed by atoms with Gasteiger partial charge in [-0.25, -0.2) is 4.98 Å². The Hall–Kier alpha value is -1.89. The first-order valence-corrected chi connectivity index (χ1v) is 8.06. The van der Waals surface area contributed by atoms with Crippen LogP contribution < -0.4 is 10.2 Å². The molecule has 1 saturated carbocycles. The summed E-state index contributed by atoms with van der Waals surface area (Å²) in [5.41, 5.74) is 1.78. The minimum atomic E-state index is 0.325. The summed E-state index contributed by atoms with van der Waals surface area (Å²) >= 11 is 0. The van der Waals surface area contributed by atoms with E-state index in [2.05, 4.69) is 33.6 Å². The van der Waals surface area contributed by atoms with E-state index in [1.807, 2.05) is 6.33 Å². The van der Waals surface area contributed by atoms with Crippen molar-refractivity contribution in [2.45, 2.75) is 38.8 Å². The van der Waals surface area contributed by atoms with Crippen molar-refractivity contribution >= 4 is 22.9 Å². The van der Waals surface area contributed by atoms with E-state index < -0.39 is 0 Å². The highest BCUT2D eigenvalue weighted by molar-refractivity contribution is 5.84. The first kappa shape index (κ1) is 13.8. The second-order valence-corrected chi connectivity index (χ2v) is 6.31. The summed E-state index contributed by atoms with van der Waals surface area (Å²) in [5, 5.41) is 3.51. The average molecular weight is 302 g/mol. The fourth-order valence-corrected chi connectivity index (χ4v) is 2.71. The molecule has 0 radical (unpaired) electrons. The Morgan fingerprint density at radius 2 is 2.00 bits per heavy atom. The molecule has 0 aromatic carbocycles. The summed E-state index contributed by atoms with van der Waals surface area (Å²) in [6.45, 7) is 7.43. The number of aromatic nitrogens is 4. The predicted molar refractivity (Wildman–Crippen MR) is 85.4 cm³/mol. The van der Waals surface area contributed by atoms with E-state index in [0.29, 0.717) is 12.1 Å². The monoisotopic (exact) mass is 302 g/mol. The third kappa shape index (κ3) is 2.49. The Morgan fingerprint density at radius 1 is 1.23 bits per heavy atom. The van der Waals surface area contributed by atoms with E-state index in [-0.39, 0.29) is 0 Å². The van der Waals surface area contributed by atoms with Crippen molar-refractivity contribution in [3.8, 4) is 0 Å². The number of hydrogen-bond donors (Lipinski definition) is 1. The van der Waals surface area contributed by atoms with Crippen molar-refractivity contribution in [3.63, 3.8) is 0 Å². The maximum absolute atomic E-state index is 5.43. The fourth-order valence-electron chi connectivity index (χ4n) is 2.71. The molecule has 1 saturated heterocycles. The highest BCUT2D eigenvalue weighted by Crippen LogP contribution is 2.29. The molecular weight excluding hydrogens is 280 g/mol. The van der Waals surface area contributed by atoms with Crippen molar-refractivity contribution in [1.82, 2.24) is 19.5 Å². The second-order valence-electron chi connectivity index (χ2n) is 6.31. The highest BCUT2D eigenvalue weighted by Gasteiger charge is 2.25. The number of nitrogens with zero attached hydrogens (tertiary/aromatic N) is 5. The zero-order chi connectivity index (χ0) is 15.1. The van der Waals surface area contributed by atoms with Gasteiger partial charge in [-0.15, -0.1) is 0 Å². The van der Waals surface area contributed by atoms with Crippen LogP contribution in [0.2, 0.25) is 0 Å². The van der Waals surface area contributed by atoms with Crippen LogP contribution in [0.5, 0.6) is 0 Å². The normalized spacial score (nSPS) is 19.1. The first-order chi connectivity index (χ1) is 10.7. The number of morpholine rings is 1. The van der Waals surface area contributed by atoms with Gasteiger partial charge in [0, 0.05) is 25.2 Å².